The van der Waals surface area contributed by atoms with Crippen LogP contribution in [0.2, 0.25) is 0 Å². The summed E-state index contributed by atoms with van der Waals surface area (Å²) in [5, 5.41) is 0.877. The molecule has 0 N–H and O–H groups in total. The molecule has 0 amide bonds. The van der Waals surface area contributed by atoms with Gasteiger partial charge in [0.1, 0.15) is 15.3 Å². The minimum Gasteiger partial charge on any atom is -0.494 e. The fourth-order valence-electron chi connectivity index (χ4n) is 5.10. The molecule has 6 aromatic rings. The van der Waals surface area contributed by atoms with Gasteiger partial charge in [0.25, 0.3) is 0 Å². The largest absolute Gasteiger partial charge is 0.494 e. The lowest BCUT2D eigenvalue weighted by Gasteiger charge is -2.36. The minimum atomic E-state index is -0.373. The summed E-state index contributed by atoms with van der Waals surface area (Å²) in [6.07, 6.45) is 6.83. The van der Waals surface area contributed by atoms with Gasteiger partial charge in [-0.05, 0) is 46.6 Å². The zero-order valence-corrected chi connectivity index (χ0v) is 25.5. The van der Waals surface area contributed by atoms with Gasteiger partial charge >= 0.3 is 0 Å². The van der Waals surface area contributed by atoms with E-state index in [1.807, 2.05) is 55.0 Å². The Balaban J connectivity index is 0.000000220. The molecule has 1 heterocycles. The van der Waals surface area contributed by atoms with Crippen LogP contribution in [0.1, 0.15) is 41.4 Å². The first-order valence-electron chi connectivity index (χ1n) is 14.7. The Kier molecular flexibility index (Phi) is 10.4. The van der Waals surface area contributed by atoms with Gasteiger partial charge in [-0.2, -0.15) is 0 Å². The van der Waals surface area contributed by atoms with E-state index in [-0.39, 0.29) is 11.0 Å². The quantitative estimate of drug-likeness (QED) is 0.160. The lowest BCUT2D eigenvalue weighted by atomic mass is 9.76. The normalized spacial score (nSPS) is 11.0. The molecule has 0 unspecified atom stereocenters. The Morgan fingerprint density at radius 1 is 0.721 bits per heavy atom. The average Bonchev–Trinajstić information content (AvgIpc) is 3.64. The number of hydrogen-bond acceptors (Lipinski definition) is 2. The van der Waals surface area contributed by atoms with E-state index in [2.05, 4.69) is 126 Å². The number of benzene rings is 5. The molecule has 0 saturated carbocycles. The summed E-state index contributed by atoms with van der Waals surface area (Å²) in [5.74, 6) is 0.912. The maximum Gasteiger partial charge on any atom is 0.128 e. The molecule has 0 spiro atoms. The maximum absolute atomic E-state index is 6.12. The highest BCUT2D eigenvalue weighted by Crippen LogP contribution is 2.33. The van der Waals surface area contributed by atoms with Crippen molar-refractivity contribution in [2.24, 2.45) is 0 Å². The van der Waals surface area contributed by atoms with E-state index in [0.29, 0.717) is 9.52 Å². The Labute approximate surface area is 259 Å². The summed E-state index contributed by atoms with van der Waals surface area (Å²) in [4.78, 5) is 4.38. The molecule has 5 heteroatoms. The summed E-state index contributed by atoms with van der Waals surface area (Å²) < 4.78 is 8.13. The molecule has 6 rings (SSSR count). The number of hydrogen-bond donors (Lipinski definition) is 0. The van der Waals surface area contributed by atoms with Crippen LogP contribution in [0.15, 0.2) is 164 Å². The second-order valence-electron chi connectivity index (χ2n) is 10.2. The third-order valence-corrected chi connectivity index (χ3v) is 9.02. The molecule has 0 fully saturated rings. The van der Waals surface area contributed by atoms with Crippen LogP contribution in [0.3, 0.4) is 0 Å². The molecule has 0 saturated heterocycles. The van der Waals surface area contributed by atoms with Gasteiger partial charge in [0, 0.05) is 12.4 Å². The first-order chi connectivity index (χ1) is 21.2. The van der Waals surface area contributed by atoms with Gasteiger partial charge in [-0.25, -0.2) is 4.98 Å². The molecule has 210 valence electrons. The molecule has 0 aliphatic carbocycles. The van der Waals surface area contributed by atoms with Gasteiger partial charge < -0.3 is 9.30 Å². The first-order valence-corrected chi connectivity index (χ1v) is 15.7. The minimum absolute atomic E-state index is 0.0163. The molecule has 4 radical (unpaired) electrons. The van der Waals surface area contributed by atoms with E-state index in [4.69, 9.17) is 12.6 Å². The van der Waals surface area contributed by atoms with Crippen molar-refractivity contribution in [3.8, 4) is 5.75 Å². The van der Waals surface area contributed by atoms with Crippen molar-refractivity contribution >= 4 is 22.6 Å². The molecule has 43 heavy (non-hydrogen) atoms. The van der Waals surface area contributed by atoms with Gasteiger partial charge in [0.15, 0.2) is 0 Å². The van der Waals surface area contributed by atoms with Crippen LogP contribution in [0, 0.1) is 0 Å². The highest BCUT2D eigenvalue weighted by Gasteiger charge is 2.37. The fourth-order valence-corrected chi connectivity index (χ4v) is 6.79. The summed E-state index contributed by atoms with van der Waals surface area (Å²) in [6.45, 7) is 2.86. The number of rotatable bonds is 10. The van der Waals surface area contributed by atoms with E-state index < -0.39 is 0 Å². The molecule has 5 aromatic carbocycles. The second-order valence-corrected chi connectivity index (χ2v) is 11.8. The molecular formula is C38H35BN2OSi. The van der Waals surface area contributed by atoms with Crippen LogP contribution in [0.25, 0.3) is 0 Å². The number of aromatic nitrogens is 2. The topological polar surface area (TPSA) is 27.1 Å². The number of imidazole rings is 1. The van der Waals surface area contributed by atoms with Crippen molar-refractivity contribution in [1.82, 2.24) is 9.55 Å². The van der Waals surface area contributed by atoms with Crippen LogP contribution < -0.4 is 9.92 Å². The van der Waals surface area contributed by atoms with Crippen LogP contribution in [0.5, 0.6) is 5.75 Å². The molecule has 0 aliphatic heterocycles. The lowest BCUT2D eigenvalue weighted by molar-refractivity contribution is 0.317. The molecule has 3 nitrogen and oxygen atoms in total. The van der Waals surface area contributed by atoms with Crippen molar-refractivity contribution < 1.29 is 4.74 Å². The summed E-state index contributed by atoms with van der Waals surface area (Å²) in [6, 6.07) is 50.1. The van der Waals surface area contributed by atoms with Crippen molar-refractivity contribution in [3.05, 3.63) is 187 Å². The van der Waals surface area contributed by atoms with Crippen LogP contribution in [0.4, 0.5) is 0 Å². The van der Waals surface area contributed by atoms with E-state index in [9.17, 15) is 0 Å². The zero-order chi connectivity index (χ0) is 29.7. The van der Waals surface area contributed by atoms with Gasteiger partial charge in [-0.1, -0.05) is 146 Å². The van der Waals surface area contributed by atoms with Gasteiger partial charge in [-0.15, -0.1) is 0 Å². The predicted molar refractivity (Wildman–Crippen MR) is 179 cm³/mol. The van der Waals surface area contributed by atoms with Crippen molar-refractivity contribution in [1.29, 1.82) is 0 Å². The lowest BCUT2D eigenvalue weighted by Crippen LogP contribution is -2.46. The smallest absolute Gasteiger partial charge is 0.128 e. The van der Waals surface area contributed by atoms with Gasteiger partial charge in [0.2, 0.25) is 0 Å². The van der Waals surface area contributed by atoms with Crippen molar-refractivity contribution in [3.63, 3.8) is 0 Å². The van der Waals surface area contributed by atoms with E-state index in [1.165, 1.54) is 16.3 Å². The maximum atomic E-state index is 6.12. The highest BCUT2D eigenvalue weighted by molar-refractivity contribution is 6.57. The Bertz CT molecular complexity index is 1550. The summed E-state index contributed by atoms with van der Waals surface area (Å²) in [7, 11) is 6.58. The third-order valence-electron chi connectivity index (χ3n) is 7.22. The van der Waals surface area contributed by atoms with Crippen LogP contribution in [-0.4, -0.2) is 33.5 Å². The average molecular weight is 575 g/mol. The summed E-state index contributed by atoms with van der Waals surface area (Å²) in [5.41, 5.74) is 4.78. The van der Waals surface area contributed by atoms with E-state index in [0.717, 1.165) is 29.9 Å². The van der Waals surface area contributed by atoms with Gasteiger partial charge in [-0.3, -0.25) is 0 Å². The molecule has 0 aliphatic rings. The fraction of sp³-hybridized carbons (Fsp3) is 0.132. The third kappa shape index (κ3) is 7.43. The predicted octanol–water partition coefficient (Wildman–Crippen LogP) is 7.40. The first kappa shape index (κ1) is 29.9. The number of ether oxygens (including phenoxy) is 1. The highest BCUT2D eigenvalue weighted by atomic mass is 28.2. The van der Waals surface area contributed by atoms with Crippen molar-refractivity contribution in [2.75, 3.05) is 6.61 Å². The van der Waals surface area contributed by atoms with Crippen LogP contribution >= 0.6 is 0 Å². The molecular weight excluding hydrogens is 539 g/mol. The van der Waals surface area contributed by atoms with Gasteiger partial charge in [0.05, 0.1) is 25.9 Å². The second kappa shape index (κ2) is 15.0. The Morgan fingerprint density at radius 2 is 1.26 bits per heavy atom. The van der Waals surface area contributed by atoms with Crippen LogP contribution in [-0.2, 0) is 5.16 Å². The zero-order valence-electron chi connectivity index (χ0n) is 24.5. The summed E-state index contributed by atoms with van der Waals surface area (Å²) >= 11 is 0. The molecule has 1 aromatic heterocycles. The molecule has 0 atom stereocenters. The molecule has 0 bridgehead atoms. The Morgan fingerprint density at radius 3 is 1.74 bits per heavy atom. The standard InChI is InChI=1S/C25H24N2OSi.C13H11B/c1-2-18-28-23-14-9-15-24(19-23)29-25(27-17-16-26-20-27,21-10-5-3-6-11-21)22-12-7-4-8-13-22;14-13(11-7-3-1-4-8-11)12-9-5-2-6-10-12/h3-17,19-20H,2,18H2,1H3;1-10,13H. The van der Waals surface area contributed by atoms with E-state index >= 15 is 0 Å². The van der Waals surface area contributed by atoms with E-state index in [1.54, 1.807) is 0 Å². The monoisotopic (exact) mass is 574 g/mol. The number of nitrogens with zero attached hydrogens (tertiary/aromatic N) is 2. The SMILES string of the molecule is CCCOc1cccc([Si]C(c2ccccc2)(c2ccccc2)n2ccnc2)c1.[B]C(c1ccccc1)c1ccccc1. The Hall–Kier alpha value is -4.61. The van der Waals surface area contributed by atoms with Crippen molar-refractivity contribution in [2.45, 2.75) is 24.3 Å².